The highest BCUT2D eigenvalue weighted by atomic mass is 35.5. The van der Waals surface area contributed by atoms with Crippen molar-refractivity contribution in [3.05, 3.63) is 47.0 Å². The van der Waals surface area contributed by atoms with Gasteiger partial charge in [0, 0.05) is 17.1 Å². The number of benzene rings is 1. The van der Waals surface area contributed by atoms with Crippen LogP contribution in [-0.4, -0.2) is 23.2 Å². The number of amides is 1. The predicted octanol–water partition coefficient (Wildman–Crippen LogP) is 4.14. The van der Waals surface area contributed by atoms with E-state index in [0.29, 0.717) is 28.1 Å². The van der Waals surface area contributed by atoms with Crippen LogP contribution in [0, 0.1) is 17.2 Å². The van der Waals surface area contributed by atoms with Crippen LogP contribution >= 0.6 is 23.4 Å². The number of nitrogens with zero attached hydrogens (tertiary/aromatic N) is 2. The molecular weight excluding hydrogens is 342 g/mol. The second kappa shape index (κ2) is 8.72. The van der Waals surface area contributed by atoms with Crippen LogP contribution in [0.15, 0.2) is 41.4 Å². The van der Waals surface area contributed by atoms with E-state index >= 15 is 0 Å². The van der Waals surface area contributed by atoms with Crippen LogP contribution in [0.2, 0.25) is 5.02 Å². The van der Waals surface area contributed by atoms with Gasteiger partial charge in [0.25, 0.3) is 0 Å². The van der Waals surface area contributed by atoms with Crippen LogP contribution in [0.3, 0.4) is 0 Å². The molecule has 0 fully saturated rings. The zero-order valence-corrected chi connectivity index (χ0v) is 15.1. The molecule has 1 heterocycles. The van der Waals surface area contributed by atoms with Gasteiger partial charge in [-0.3, -0.25) is 4.79 Å². The molecule has 0 saturated carbocycles. The first-order valence-electron chi connectivity index (χ1n) is 7.56. The van der Waals surface area contributed by atoms with E-state index < -0.39 is 0 Å². The number of carbonyl (C=O) groups excluding carboxylic acids is 1. The molecule has 1 amide bonds. The summed E-state index contributed by atoms with van der Waals surface area (Å²) in [4.78, 5) is 16.4. The average molecular weight is 360 g/mol. The van der Waals surface area contributed by atoms with Gasteiger partial charge in [0.05, 0.1) is 17.0 Å². The highest BCUT2D eigenvalue weighted by molar-refractivity contribution is 8.00. The predicted molar refractivity (Wildman–Crippen MR) is 98.0 cm³/mol. The first kappa shape index (κ1) is 18.3. The maximum absolute atomic E-state index is 11.9. The fraction of sp³-hybridized carbons (Fsp3) is 0.278. The van der Waals surface area contributed by atoms with Crippen molar-refractivity contribution in [2.75, 3.05) is 12.3 Å². The normalized spacial score (nSPS) is 10.5. The quantitative estimate of drug-likeness (QED) is 0.787. The van der Waals surface area contributed by atoms with Gasteiger partial charge in [-0.25, -0.2) is 4.98 Å². The zero-order valence-electron chi connectivity index (χ0n) is 13.5. The third-order valence-corrected chi connectivity index (χ3v) is 4.41. The summed E-state index contributed by atoms with van der Waals surface area (Å²) < 4.78 is 0. The van der Waals surface area contributed by atoms with Crippen molar-refractivity contribution in [3.63, 3.8) is 0 Å². The lowest BCUT2D eigenvalue weighted by Gasteiger charge is -2.09. The molecule has 0 saturated heterocycles. The average Bonchev–Trinajstić information content (AvgIpc) is 2.58. The standard InChI is InChI=1S/C18H18ClN3OS/c1-12(2)10-21-17(23)11-24-18-14(9-20)5-8-16(22-18)13-3-6-15(19)7-4-13/h3-8,12H,10-11H2,1-2H3,(H,21,23). The fourth-order valence-electron chi connectivity index (χ4n) is 1.92. The van der Waals surface area contributed by atoms with Gasteiger partial charge in [-0.15, -0.1) is 0 Å². The molecule has 0 unspecified atom stereocenters. The van der Waals surface area contributed by atoms with Crippen molar-refractivity contribution >= 4 is 29.3 Å². The second-order valence-corrected chi connectivity index (χ2v) is 7.05. The highest BCUT2D eigenvalue weighted by Gasteiger charge is 2.11. The molecule has 0 aliphatic heterocycles. The number of pyridine rings is 1. The van der Waals surface area contributed by atoms with E-state index in [1.807, 2.05) is 26.0 Å². The second-order valence-electron chi connectivity index (χ2n) is 5.65. The Bertz CT molecular complexity index is 754. The van der Waals surface area contributed by atoms with E-state index in [4.69, 9.17) is 11.6 Å². The van der Waals surface area contributed by atoms with Gasteiger partial charge in [-0.1, -0.05) is 49.3 Å². The molecule has 124 valence electrons. The van der Waals surface area contributed by atoms with Gasteiger partial charge in [0.1, 0.15) is 11.1 Å². The Hall–Kier alpha value is -2.03. The molecule has 1 aromatic heterocycles. The molecule has 24 heavy (non-hydrogen) atoms. The Morgan fingerprint density at radius 1 is 1.29 bits per heavy atom. The summed E-state index contributed by atoms with van der Waals surface area (Å²) in [5.74, 6) is 0.578. The first-order chi connectivity index (χ1) is 11.5. The number of thioether (sulfide) groups is 1. The number of carbonyl (C=O) groups is 1. The van der Waals surface area contributed by atoms with Crippen molar-refractivity contribution < 1.29 is 4.79 Å². The topological polar surface area (TPSA) is 65.8 Å². The van der Waals surface area contributed by atoms with E-state index in [-0.39, 0.29) is 11.7 Å². The number of rotatable bonds is 6. The summed E-state index contributed by atoms with van der Waals surface area (Å²) in [6.07, 6.45) is 0. The zero-order chi connectivity index (χ0) is 17.5. The van der Waals surface area contributed by atoms with E-state index in [1.165, 1.54) is 11.8 Å². The molecule has 1 N–H and O–H groups in total. The molecule has 6 heteroatoms. The smallest absolute Gasteiger partial charge is 0.230 e. The van der Waals surface area contributed by atoms with Gasteiger partial charge in [-0.2, -0.15) is 5.26 Å². The van der Waals surface area contributed by atoms with E-state index in [1.54, 1.807) is 24.3 Å². The van der Waals surface area contributed by atoms with Gasteiger partial charge >= 0.3 is 0 Å². The summed E-state index contributed by atoms with van der Waals surface area (Å²) in [7, 11) is 0. The maximum Gasteiger partial charge on any atom is 0.230 e. The lowest BCUT2D eigenvalue weighted by Crippen LogP contribution is -2.28. The Morgan fingerprint density at radius 2 is 2.00 bits per heavy atom. The molecule has 2 rings (SSSR count). The molecule has 0 spiro atoms. The highest BCUT2D eigenvalue weighted by Crippen LogP contribution is 2.26. The van der Waals surface area contributed by atoms with Crippen molar-refractivity contribution in [1.29, 1.82) is 5.26 Å². The SMILES string of the molecule is CC(C)CNC(=O)CSc1nc(-c2ccc(Cl)cc2)ccc1C#N. The number of nitriles is 1. The summed E-state index contributed by atoms with van der Waals surface area (Å²) in [6, 6.07) is 13.0. The lowest BCUT2D eigenvalue weighted by atomic mass is 10.1. The molecule has 0 bridgehead atoms. The minimum atomic E-state index is -0.0590. The van der Waals surface area contributed by atoms with Crippen LogP contribution in [0.25, 0.3) is 11.3 Å². The lowest BCUT2D eigenvalue weighted by molar-refractivity contribution is -0.118. The summed E-state index contributed by atoms with van der Waals surface area (Å²) in [5.41, 5.74) is 2.13. The molecule has 0 aliphatic carbocycles. The number of hydrogen-bond donors (Lipinski definition) is 1. The van der Waals surface area contributed by atoms with Crippen molar-refractivity contribution in [1.82, 2.24) is 10.3 Å². The molecule has 1 aromatic carbocycles. The number of hydrogen-bond acceptors (Lipinski definition) is 4. The monoisotopic (exact) mass is 359 g/mol. The summed E-state index contributed by atoms with van der Waals surface area (Å²) >= 11 is 7.17. The molecular formula is C18H18ClN3OS. The van der Waals surface area contributed by atoms with Gasteiger partial charge in [-0.05, 0) is 30.2 Å². The molecule has 0 radical (unpaired) electrons. The Labute approximate surface area is 151 Å². The van der Waals surface area contributed by atoms with E-state index in [0.717, 1.165) is 11.3 Å². The summed E-state index contributed by atoms with van der Waals surface area (Å²) in [5, 5.41) is 13.3. The van der Waals surface area contributed by atoms with Crippen LogP contribution in [0.4, 0.5) is 0 Å². The Morgan fingerprint density at radius 3 is 2.62 bits per heavy atom. The first-order valence-corrected chi connectivity index (χ1v) is 8.92. The Balaban J connectivity index is 2.13. The summed E-state index contributed by atoms with van der Waals surface area (Å²) in [6.45, 7) is 4.72. The third-order valence-electron chi connectivity index (χ3n) is 3.17. The molecule has 2 aromatic rings. The van der Waals surface area contributed by atoms with Crippen molar-refractivity contribution in [3.8, 4) is 17.3 Å². The molecule has 0 aliphatic rings. The minimum absolute atomic E-state index is 0.0590. The minimum Gasteiger partial charge on any atom is -0.355 e. The van der Waals surface area contributed by atoms with Crippen molar-refractivity contribution in [2.45, 2.75) is 18.9 Å². The van der Waals surface area contributed by atoms with Crippen LogP contribution in [0.1, 0.15) is 19.4 Å². The third kappa shape index (κ3) is 5.26. The van der Waals surface area contributed by atoms with E-state index in [2.05, 4.69) is 16.4 Å². The van der Waals surface area contributed by atoms with Gasteiger partial charge in [0.2, 0.25) is 5.91 Å². The van der Waals surface area contributed by atoms with Crippen molar-refractivity contribution in [2.24, 2.45) is 5.92 Å². The molecule has 0 atom stereocenters. The van der Waals surface area contributed by atoms with Crippen LogP contribution < -0.4 is 5.32 Å². The fourth-order valence-corrected chi connectivity index (χ4v) is 2.85. The maximum atomic E-state index is 11.9. The van der Waals surface area contributed by atoms with Gasteiger partial charge < -0.3 is 5.32 Å². The van der Waals surface area contributed by atoms with Crippen LogP contribution in [-0.2, 0) is 4.79 Å². The van der Waals surface area contributed by atoms with Crippen LogP contribution in [0.5, 0.6) is 0 Å². The Kier molecular flexibility index (Phi) is 6.65. The number of nitrogens with one attached hydrogen (secondary N) is 1. The number of halogens is 1. The van der Waals surface area contributed by atoms with E-state index in [9.17, 15) is 10.1 Å². The molecule has 4 nitrogen and oxygen atoms in total. The largest absolute Gasteiger partial charge is 0.355 e. The number of aromatic nitrogens is 1. The van der Waals surface area contributed by atoms with Gasteiger partial charge in [0.15, 0.2) is 0 Å².